The number of aromatic carboxylic acids is 1. The van der Waals surface area contributed by atoms with Crippen LogP contribution in [0.5, 0.6) is 0 Å². The molecule has 3 N–H and O–H groups in total. The highest BCUT2D eigenvalue weighted by Crippen LogP contribution is 2.19. The molecule has 1 aliphatic heterocycles. The molecule has 1 amide bonds. The maximum atomic E-state index is 12.3. The van der Waals surface area contributed by atoms with Crippen molar-refractivity contribution in [1.82, 2.24) is 4.90 Å². The number of anilines is 3. The second-order valence-corrected chi connectivity index (χ2v) is 6.99. The van der Waals surface area contributed by atoms with Crippen LogP contribution in [-0.4, -0.2) is 55.1 Å². The number of nitrogens with one attached hydrogen (secondary N) is 2. The number of carbonyl (C=O) groups is 2. The number of benzene rings is 2. The van der Waals surface area contributed by atoms with Crippen LogP contribution < -0.4 is 15.5 Å². The molecule has 2 aromatic carbocycles. The van der Waals surface area contributed by atoms with Crippen LogP contribution in [0.1, 0.15) is 10.4 Å². The predicted octanol–water partition coefficient (Wildman–Crippen LogP) is 2.59. The molecule has 0 aromatic heterocycles. The quantitative estimate of drug-likeness (QED) is 0.501. The van der Waals surface area contributed by atoms with E-state index in [4.69, 9.17) is 5.11 Å². The van der Waals surface area contributed by atoms with Crippen molar-refractivity contribution >= 4 is 28.9 Å². The number of nitriles is 1. The number of carbonyl (C=O) groups excluding carboxylic acids is 1. The lowest BCUT2D eigenvalue weighted by atomic mass is 10.2. The van der Waals surface area contributed by atoms with Crippen molar-refractivity contribution in [2.45, 2.75) is 0 Å². The Hall–Kier alpha value is -3.83. The van der Waals surface area contributed by atoms with Gasteiger partial charge in [-0.1, -0.05) is 0 Å². The smallest absolute Gasteiger partial charge is 0.335 e. The molecule has 1 heterocycles. The second-order valence-electron chi connectivity index (χ2n) is 6.99. The molecule has 0 radical (unpaired) electrons. The first-order chi connectivity index (χ1) is 14.5. The molecular formula is C22H23N5O3. The Balaban J connectivity index is 1.59. The molecule has 0 saturated carbocycles. The first kappa shape index (κ1) is 20.9. The van der Waals surface area contributed by atoms with E-state index in [1.165, 1.54) is 30.5 Å². The van der Waals surface area contributed by atoms with Crippen molar-refractivity contribution in [3.05, 3.63) is 65.9 Å². The van der Waals surface area contributed by atoms with Crippen LogP contribution in [0.3, 0.4) is 0 Å². The summed E-state index contributed by atoms with van der Waals surface area (Å²) in [6, 6.07) is 15.4. The first-order valence-corrected chi connectivity index (χ1v) is 9.51. The summed E-state index contributed by atoms with van der Waals surface area (Å²) >= 11 is 0. The van der Waals surface area contributed by atoms with Crippen molar-refractivity contribution < 1.29 is 14.7 Å². The maximum absolute atomic E-state index is 12.3. The van der Waals surface area contributed by atoms with Gasteiger partial charge in [0.2, 0.25) is 0 Å². The van der Waals surface area contributed by atoms with Crippen LogP contribution in [0, 0.1) is 11.3 Å². The Kier molecular flexibility index (Phi) is 6.67. The van der Waals surface area contributed by atoms with E-state index >= 15 is 0 Å². The number of amides is 1. The molecule has 30 heavy (non-hydrogen) atoms. The Bertz CT molecular complexity index is 969. The molecule has 1 fully saturated rings. The van der Waals surface area contributed by atoms with Gasteiger partial charge < -0.3 is 25.5 Å². The highest BCUT2D eigenvalue weighted by Gasteiger charge is 2.14. The fraction of sp³-hybridized carbons (Fsp3) is 0.227. The van der Waals surface area contributed by atoms with Crippen molar-refractivity contribution in [2.24, 2.45) is 0 Å². The summed E-state index contributed by atoms with van der Waals surface area (Å²) in [5.41, 5.74) is 2.33. The van der Waals surface area contributed by atoms with E-state index in [0.717, 1.165) is 37.6 Å². The minimum atomic E-state index is -1.05. The number of carboxylic acids is 1. The molecule has 0 spiro atoms. The molecule has 0 bridgehead atoms. The van der Waals surface area contributed by atoms with Gasteiger partial charge >= 0.3 is 5.97 Å². The van der Waals surface area contributed by atoms with E-state index in [1.807, 2.05) is 30.3 Å². The Morgan fingerprint density at radius 3 is 2.17 bits per heavy atom. The van der Waals surface area contributed by atoms with Crippen molar-refractivity contribution in [3.8, 4) is 6.07 Å². The van der Waals surface area contributed by atoms with Gasteiger partial charge in [-0.15, -0.1) is 0 Å². The topological polar surface area (TPSA) is 109 Å². The molecule has 154 valence electrons. The van der Waals surface area contributed by atoms with E-state index in [2.05, 4.69) is 27.5 Å². The number of rotatable bonds is 6. The van der Waals surface area contributed by atoms with Gasteiger partial charge in [0.05, 0.1) is 5.56 Å². The van der Waals surface area contributed by atoms with Crippen LogP contribution in [0.25, 0.3) is 0 Å². The Labute approximate surface area is 175 Å². The SMILES string of the molecule is CN1CCN(c2ccc(N/C=C(/C#N)C(=O)Nc3ccc(C(=O)O)cc3)cc2)CC1. The van der Waals surface area contributed by atoms with Gasteiger partial charge in [0.25, 0.3) is 5.91 Å². The van der Waals surface area contributed by atoms with Crippen LogP contribution in [0.4, 0.5) is 17.1 Å². The first-order valence-electron chi connectivity index (χ1n) is 9.51. The van der Waals surface area contributed by atoms with E-state index < -0.39 is 11.9 Å². The third-order valence-electron chi connectivity index (χ3n) is 4.87. The Morgan fingerprint density at radius 2 is 1.60 bits per heavy atom. The van der Waals surface area contributed by atoms with Gasteiger partial charge in [0.15, 0.2) is 0 Å². The van der Waals surface area contributed by atoms with Gasteiger partial charge in [0.1, 0.15) is 11.6 Å². The van der Waals surface area contributed by atoms with Crippen molar-refractivity contribution in [1.29, 1.82) is 5.26 Å². The summed E-state index contributed by atoms with van der Waals surface area (Å²) in [4.78, 5) is 27.8. The molecule has 1 saturated heterocycles. The van der Waals surface area contributed by atoms with Crippen LogP contribution in [0.2, 0.25) is 0 Å². The number of hydrogen-bond acceptors (Lipinski definition) is 6. The third kappa shape index (κ3) is 5.37. The number of hydrogen-bond donors (Lipinski definition) is 3. The monoisotopic (exact) mass is 405 g/mol. The van der Waals surface area contributed by atoms with Gasteiger partial charge in [-0.2, -0.15) is 5.26 Å². The van der Waals surface area contributed by atoms with E-state index in [9.17, 15) is 14.9 Å². The molecule has 0 atom stereocenters. The lowest BCUT2D eigenvalue weighted by Gasteiger charge is -2.34. The lowest BCUT2D eigenvalue weighted by Crippen LogP contribution is -2.44. The minimum absolute atomic E-state index is 0.0968. The largest absolute Gasteiger partial charge is 0.478 e. The molecule has 2 aromatic rings. The molecule has 1 aliphatic rings. The van der Waals surface area contributed by atoms with Crippen molar-refractivity contribution in [2.75, 3.05) is 48.8 Å². The summed E-state index contributed by atoms with van der Waals surface area (Å²) in [6.07, 6.45) is 1.35. The van der Waals surface area contributed by atoms with Crippen LogP contribution in [0.15, 0.2) is 60.3 Å². The zero-order valence-corrected chi connectivity index (χ0v) is 16.6. The molecular weight excluding hydrogens is 382 g/mol. The van der Waals surface area contributed by atoms with E-state index in [1.54, 1.807) is 0 Å². The average Bonchev–Trinajstić information content (AvgIpc) is 2.75. The molecule has 3 rings (SSSR count). The molecule has 8 heteroatoms. The highest BCUT2D eigenvalue weighted by molar-refractivity contribution is 6.06. The summed E-state index contributed by atoms with van der Waals surface area (Å²) in [5, 5.41) is 23.8. The van der Waals surface area contributed by atoms with Crippen molar-refractivity contribution in [3.63, 3.8) is 0 Å². The fourth-order valence-electron chi connectivity index (χ4n) is 3.03. The fourth-order valence-corrected chi connectivity index (χ4v) is 3.03. The summed E-state index contributed by atoms with van der Waals surface area (Å²) in [5.74, 6) is -1.63. The molecule has 0 aliphatic carbocycles. The van der Waals surface area contributed by atoms with E-state index in [0.29, 0.717) is 5.69 Å². The van der Waals surface area contributed by atoms with Crippen LogP contribution in [-0.2, 0) is 4.79 Å². The normalized spacial score (nSPS) is 14.7. The molecule has 8 nitrogen and oxygen atoms in total. The maximum Gasteiger partial charge on any atom is 0.335 e. The Morgan fingerprint density at radius 1 is 1.00 bits per heavy atom. The third-order valence-corrected chi connectivity index (χ3v) is 4.87. The van der Waals surface area contributed by atoms with Gasteiger partial charge in [-0.25, -0.2) is 4.79 Å². The zero-order chi connectivity index (χ0) is 21.5. The summed E-state index contributed by atoms with van der Waals surface area (Å²) < 4.78 is 0. The van der Waals surface area contributed by atoms with Gasteiger partial charge in [0, 0.05) is 49.4 Å². The number of carboxylic acid groups (broad SMARTS) is 1. The van der Waals surface area contributed by atoms with Gasteiger partial charge in [-0.05, 0) is 55.6 Å². The lowest BCUT2D eigenvalue weighted by molar-refractivity contribution is -0.112. The van der Waals surface area contributed by atoms with E-state index in [-0.39, 0.29) is 11.1 Å². The van der Waals surface area contributed by atoms with Gasteiger partial charge in [-0.3, -0.25) is 4.79 Å². The molecule has 0 unspecified atom stereocenters. The summed E-state index contributed by atoms with van der Waals surface area (Å²) in [6.45, 7) is 4.02. The number of likely N-dealkylation sites (N-methyl/N-ethyl adjacent to an activating group) is 1. The average molecular weight is 405 g/mol. The highest BCUT2D eigenvalue weighted by atomic mass is 16.4. The zero-order valence-electron chi connectivity index (χ0n) is 16.6. The number of nitrogens with zero attached hydrogens (tertiary/aromatic N) is 3. The van der Waals surface area contributed by atoms with Crippen LogP contribution >= 0.6 is 0 Å². The standard InChI is InChI=1S/C22H23N5O3/c1-26-10-12-27(13-11-26)20-8-6-18(7-9-20)24-15-17(14-23)21(28)25-19-4-2-16(3-5-19)22(29)30/h2-9,15,24H,10-13H2,1H3,(H,25,28)(H,29,30)/b17-15-. The second kappa shape index (κ2) is 9.58. The number of piperazine rings is 1. The predicted molar refractivity (Wildman–Crippen MR) is 116 cm³/mol. The summed E-state index contributed by atoms with van der Waals surface area (Å²) in [7, 11) is 2.12. The minimum Gasteiger partial charge on any atom is -0.478 e.